The summed E-state index contributed by atoms with van der Waals surface area (Å²) in [6.45, 7) is 12.5. The van der Waals surface area contributed by atoms with E-state index in [2.05, 4.69) is 67.0 Å². The van der Waals surface area contributed by atoms with Gasteiger partial charge in [-0.1, -0.05) is 55.8 Å². The van der Waals surface area contributed by atoms with Crippen LogP contribution in [0.1, 0.15) is 32.8 Å². The van der Waals surface area contributed by atoms with Crippen LogP contribution in [0.2, 0.25) is 0 Å². The number of rotatable bonds is 7. The second-order valence-corrected chi connectivity index (χ2v) is 7.19. The highest BCUT2D eigenvalue weighted by molar-refractivity contribution is 5.52. The summed E-state index contributed by atoms with van der Waals surface area (Å²) in [5, 5.41) is 9.38. The predicted octanol–water partition coefficient (Wildman–Crippen LogP) is 3.11. The third-order valence-electron chi connectivity index (χ3n) is 4.44. The van der Waals surface area contributed by atoms with Gasteiger partial charge in [-0.3, -0.25) is 9.80 Å². The predicted molar refractivity (Wildman–Crippen MR) is 98.4 cm³/mol. The average molecular weight is 316 g/mol. The fraction of sp³-hybridized carbons (Fsp3) is 0.600. The minimum atomic E-state index is 0.284. The summed E-state index contributed by atoms with van der Waals surface area (Å²) in [4.78, 5) is 5.10. The van der Waals surface area contributed by atoms with Crippen LogP contribution in [0.25, 0.3) is 6.08 Å². The third-order valence-corrected chi connectivity index (χ3v) is 4.44. The lowest BCUT2D eigenvalue weighted by atomic mass is 10.0. The van der Waals surface area contributed by atoms with Crippen LogP contribution in [0.5, 0.6) is 0 Å². The van der Waals surface area contributed by atoms with E-state index < -0.39 is 0 Å². The highest BCUT2D eigenvalue weighted by atomic mass is 16.3. The molecule has 1 aliphatic heterocycles. The van der Waals surface area contributed by atoms with Gasteiger partial charge in [0.25, 0.3) is 0 Å². The van der Waals surface area contributed by atoms with E-state index in [9.17, 15) is 5.11 Å². The van der Waals surface area contributed by atoms with E-state index >= 15 is 0 Å². The van der Waals surface area contributed by atoms with Crippen molar-refractivity contribution in [3.8, 4) is 0 Å². The number of aliphatic hydroxyl groups excluding tert-OH is 1. The first-order valence-electron chi connectivity index (χ1n) is 8.88. The molecule has 1 heterocycles. The molecule has 23 heavy (non-hydrogen) atoms. The third kappa shape index (κ3) is 6.09. The van der Waals surface area contributed by atoms with E-state index in [1.165, 1.54) is 11.1 Å². The van der Waals surface area contributed by atoms with E-state index in [4.69, 9.17) is 0 Å². The molecule has 1 atom stereocenters. The van der Waals surface area contributed by atoms with Crippen molar-refractivity contribution >= 4 is 6.08 Å². The van der Waals surface area contributed by atoms with Crippen molar-refractivity contribution in [2.45, 2.75) is 33.2 Å². The maximum Gasteiger partial charge on any atom is 0.0446 e. The summed E-state index contributed by atoms with van der Waals surface area (Å²) in [6, 6.07) is 11.0. The molecule has 0 saturated carbocycles. The first-order valence-corrected chi connectivity index (χ1v) is 8.88. The van der Waals surface area contributed by atoms with Crippen LogP contribution in [0.4, 0.5) is 0 Å². The summed E-state index contributed by atoms with van der Waals surface area (Å²) in [6.07, 6.45) is 3.16. The molecule has 0 aromatic heterocycles. The standard InChI is InChI=1S/C20H32N2O/c1-17(2)14-22-11-10-21(16-20(22)9-12-23)15-18(3)13-19-7-5-4-6-8-19/h4-8,13,17,20,23H,9-12,14-16H2,1-3H3/b18-13+. The summed E-state index contributed by atoms with van der Waals surface area (Å²) < 4.78 is 0. The lowest BCUT2D eigenvalue weighted by Crippen LogP contribution is -2.54. The lowest BCUT2D eigenvalue weighted by Gasteiger charge is -2.42. The second-order valence-electron chi connectivity index (χ2n) is 7.19. The fourth-order valence-electron chi connectivity index (χ4n) is 3.47. The molecule has 0 aliphatic carbocycles. The van der Waals surface area contributed by atoms with E-state index in [-0.39, 0.29) is 6.61 Å². The highest BCUT2D eigenvalue weighted by Crippen LogP contribution is 2.16. The molecule has 1 fully saturated rings. The van der Waals surface area contributed by atoms with Crippen molar-refractivity contribution < 1.29 is 5.11 Å². The minimum Gasteiger partial charge on any atom is -0.396 e. The Bertz CT molecular complexity index is 484. The van der Waals surface area contributed by atoms with Crippen LogP contribution in [-0.4, -0.2) is 60.3 Å². The number of benzene rings is 1. The molecule has 2 rings (SSSR count). The van der Waals surface area contributed by atoms with Crippen LogP contribution in [-0.2, 0) is 0 Å². The normalized spacial score (nSPS) is 21.1. The summed E-state index contributed by atoms with van der Waals surface area (Å²) in [5.74, 6) is 0.683. The number of piperazine rings is 1. The van der Waals surface area contributed by atoms with Gasteiger partial charge in [-0.15, -0.1) is 0 Å². The van der Waals surface area contributed by atoms with E-state index in [0.29, 0.717) is 12.0 Å². The van der Waals surface area contributed by atoms with Crippen molar-refractivity contribution in [1.82, 2.24) is 9.80 Å². The van der Waals surface area contributed by atoms with E-state index in [1.54, 1.807) is 0 Å². The molecular formula is C20H32N2O. The highest BCUT2D eigenvalue weighted by Gasteiger charge is 2.26. The second kappa shape index (κ2) is 9.21. The Morgan fingerprint density at radius 1 is 1.26 bits per heavy atom. The van der Waals surface area contributed by atoms with Crippen LogP contribution < -0.4 is 0 Å². The van der Waals surface area contributed by atoms with Crippen LogP contribution in [0, 0.1) is 5.92 Å². The molecule has 0 spiro atoms. The molecule has 128 valence electrons. The quantitative estimate of drug-likeness (QED) is 0.837. The summed E-state index contributed by atoms with van der Waals surface area (Å²) >= 11 is 0. The van der Waals surface area contributed by atoms with Gasteiger partial charge in [0, 0.05) is 45.4 Å². The van der Waals surface area contributed by atoms with Crippen molar-refractivity contribution in [1.29, 1.82) is 0 Å². The Hall–Kier alpha value is -1.16. The molecule has 0 amide bonds. The van der Waals surface area contributed by atoms with Crippen molar-refractivity contribution in [2.24, 2.45) is 5.92 Å². The first-order chi connectivity index (χ1) is 11.1. The number of hydrogen-bond acceptors (Lipinski definition) is 3. The monoisotopic (exact) mass is 316 g/mol. The Kier molecular flexibility index (Phi) is 7.28. The SMILES string of the molecule is C/C(=C\c1ccccc1)CN1CCN(CC(C)C)C(CCO)C1. The minimum absolute atomic E-state index is 0.284. The molecular weight excluding hydrogens is 284 g/mol. The van der Waals surface area contributed by atoms with Gasteiger partial charge < -0.3 is 5.11 Å². The summed E-state index contributed by atoms with van der Waals surface area (Å²) in [5.41, 5.74) is 2.67. The Morgan fingerprint density at radius 3 is 2.65 bits per heavy atom. The molecule has 1 saturated heterocycles. The zero-order chi connectivity index (χ0) is 16.7. The van der Waals surface area contributed by atoms with Gasteiger partial charge in [-0.05, 0) is 24.8 Å². The summed E-state index contributed by atoms with van der Waals surface area (Å²) in [7, 11) is 0. The van der Waals surface area contributed by atoms with Crippen LogP contribution in [0.3, 0.4) is 0 Å². The maximum atomic E-state index is 9.38. The zero-order valence-corrected chi connectivity index (χ0v) is 14.9. The van der Waals surface area contributed by atoms with Gasteiger partial charge in [0.2, 0.25) is 0 Å². The van der Waals surface area contributed by atoms with Gasteiger partial charge in [-0.25, -0.2) is 0 Å². The number of hydrogen-bond donors (Lipinski definition) is 1. The Balaban J connectivity index is 1.92. The Morgan fingerprint density at radius 2 is 2.00 bits per heavy atom. The van der Waals surface area contributed by atoms with E-state index in [0.717, 1.165) is 39.1 Å². The fourth-order valence-corrected chi connectivity index (χ4v) is 3.47. The number of aliphatic hydroxyl groups is 1. The maximum absolute atomic E-state index is 9.38. The molecule has 0 bridgehead atoms. The number of nitrogens with zero attached hydrogens (tertiary/aromatic N) is 2. The lowest BCUT2D eigenvalue weighted by molar-refractivity contribution is 0.0559. The smallest absolute Gasteiger partial charge is 0.0446 e. The molecule has 1 aromatic carbocycles. The average Bonchev–Trinajstić information content (AvgIpc) is 2.50. The van der Waals surface area contributed by atoms with Crippen molar-refractivity contribution in [3.63, 3.8) is 0 Å². The van der Waals surface area contributed by atoms with Gasteiger partial charge in [0.15, 0.2) is 0 Å². The molecule has 1 unspecified atom stereocenters. The molecule has 1 aromatic rings. The first kappa shape index (κ1) is 18.2. The van der Waals surface area contributed by atoms with Crippen LogP contribution >= 0.6 is 0 Å². The van der Waals surface area contributed by atoms with Crippen LogP contribution in [0.15, 0.2) is 35.9 Å². The topological polar surface area (TPSA) is 26.7 Å². The van der Waals surface area contributed by atoms with Gasteiger partial charge in [0.1, 0.15) is 0 Å². The van der Waals surface area contributed by atoms with Gasteiger partial charge >= 0.3 is 0 Å². The largest absolute Gasteiger partial charge is 0.396 e. The molecule has 3 nitrogen and oxygen atoms in total. The molecule has 1 N–H and O–H groups in total. The van der Waals surface area contributed by atoms with Gasteiger partial charge in [-0.2, -0.15) is 0 Å². The zero-order valence-electron chi connectivity index (χ0n) is 14.9. The molecule has 0 radical (unpaired) electrons. The van der Waals surface area contributed by atoms with E-state index in [1.807, 2.05) is 0 Å². The van der Waals surface area contributed by atoms with Crippen molar-refractivity contribution in [3.05, 3.63) is 41.5 Å². The Labute approximate surface area is 141 Å². The molecule has 1 aliphatic rings. The van der Waals surface area contributed by atoms with Crippen molar-refractivity contribution in [2.75, 3.05) is 39.3 Å². The molecule has 3 heteroatoms. The van der Waals surface area contributed by atoms with Gasteiger partial charge in [0.05, 0.1) is 0 Å².